The van der Waals surface area contributed by atoms with E-state index in [4.69, 9.17) is 0 Å². The van der Waals surface area contributed by atoms with Crippen LogP contribution in [0.4, 0.5) is 10.8 Å². The van der Waals surface area contributed by atoms with Crippen LogP contribution in [-0.2, 0) is 0 Å². The molecule has 1 aromatic heterocycles. The first-order chi connectivity index (χ1) is 12.4. The number of carbonyl (C=O) groups is 1. The molecule has 0 atom stereocenters. The second kappa shape index (κ2) is 9.89. The lowest BCUT2D eigenvalue weighted by Crippen LogP contribution is -2.12. The number of aromatic nitrogens is 2. The van der Waals surface area contributed by atoms with Crippen LogP contribution in [0.3, 0.4) is 0 Å². The van der Waals surface area contributed by atoms with Crippen molar-refractivity contribution in [2.45, 2.75) is 36.4 Å². The molecular weight excluding hydrogens is 392 g/mol. The second-order valence-corrected chi connectivity index (χ2v) is 9.36. The zero-order valence-electron chi connectivity index (χ0n) is 14.7. The molecule has 0 aliphatic rings. The molecule has 1 N–H and O–H groups in total. The fourth-order valence-electron chi connectivity index (χ4n) is 1.94. The highest BCUT2D eigenvalue weighted by atomic mass is 32.2. The van der Waals surface area contributed by atoms with E-state index in [2.05, 4.69) is 29.4 Å². The molecule has 0 radical (unpaired) electrons. The van der Waals surface area contributed by atoms with Gasteiger partial charge < -0.3 is 0 Å². The Bertz CT molecular complexity index is 780. The lowest BCUT2D eigenvalue weighted by molar-refractivity contribution is -0.387. The first kappa shape index (κ1) is 20.7. The van der Waals surface area contributed by atoms with Gasteiger partial charge in [-0.1, -0.05) is 43.9 Å². The summed E-state index contributed by atoms with van der Waals surface area (Å²) in [5, 5.41) is 22.3. The van der Waals surface area contributed by atoms with Crippen LogP contribution in [0.2, 0.25) is 0 Å². The Morgan fingerprint density at radius 3 is 2.77 bits per heavy atom. The quantitative estimate of drug-likeness (QED) is 0.269. The number of nitro groups is 1. The number of nitrogens with one attached hydrogen (secondary N) is 1. The number of amides is 1. The number of anilines is 1. The molecule has 26 heavy (non-hydrogen) atoms. The van der Waals surface area contributed by atoms with E-state index in [0.717, 1.165) is 22.3 Å². The van der Waals surface area contributed by atoms with Gasteiger partial charge in [-0.05, 0) is 36.0 Å². The summed E-state index contributed by atoms with van der Waals surface area (Å²) in [6.07, 6.45) is 0.971. The van der Waals surface area contributed by atoms with Crippen molar-refractivity contribution in [3.8, 4) is 0 Å². The van der Waals surface area contributed by atoms with Crippen molar-refractivity contribution in [2.24, 2.45) is 5.92 Å². The van der Waals surface area contributed by atoms with Crippen LogP contribution in [0.5, 0.6) is 0 Å². The molecule has 0 fully saturated rings. The molecule has 0 bridgehead atoms. The minimum Gasteiger partial charge on any atom is -0.296 e. The van der Waals surface area contributed by atoms with Gasteiger partial charge in [-0.15, -0.1) is 22.0 Å². The summed E-state index contributed by atoms with van der Waals surface area (Å²) in [5.41, 5.74) is 0.177. The van der Waals surface area contributed by atoms with Crippen molar-refractivity contribution in [1.29, 1.82) is 0 Å². The lowest BCUT2D eigenvalue weighted by atomic mass is 10.2. The molecule has 7 nitrogen and oxygen atoms in total. The van der Waals surface area contributed by atoms with Gasteiger partial charge in [0.25, 0.3) is 11.6 Å². The number of benzene rings is 1. The molecule has 2 aromatic rings. The maximum Gasteiger partial charge on any atom is 0.283 e. The molecule has 10 heteroatoms. The van der Waals surface area contributed by atoms with Gasteiger partial charge in [-0.3, -0.25) is 20.2 Å². The molecule has 0 spiro atoms. The van der Waals surface area contributed by atoms with Crippen molar-refractivity contribution in [3.05, 3.63) is 33.9 Å². The number of carbonyl (C=O) groups excluding carboxylic acids is 1. The number of rotatable bonds is 9. The van der Waals surface area contributed by atoms with E-state index in [-0.39, 0.29) is 11.3 Å². The maximum absolute atomic E-state index is 12.4. The summed E-state index contributed by atoms with van der Waals surface area (Å²) in [4.78, 5) is 23.9. The van der Waals surface area contributed by atoms with E-state index >= 15 is 0 Å². The highest BCUT2D eigenvalue weighted by Gasteiger charge is 2.19. The summed E-state index contributed by atoms with van der Waals surface area (Å²) >= 11 is 4.26. The highest BCUT2D eigenvalue weighted by molar-refractivity contribution is 8.01. The molecule has 0 aliphatic heterocycles. The van der Waals surface area contributed by atoms with Gasteiger partial charge in [0.2, 0.25) is 5.13 Å². The van der Waals surface area contributed by atoms with E-state index in [9.17, 15) is 14.9 Å². The molecule has 0 saturated heterocycles. The van der Waals surface area contributed by atoms with E-state index in [1.54, 1.807) is 12.1 Å². The fourth-order valence-corrected chi connectivity index (χ4v) is 4.84. The van der Waals surface area contributed by atoms with E-state index < -0.39 is 10.8 Å². The Morgan fingerprint density at radius 1 is 1.35 bits per heavy atom. The van der Waals surface area contributed by atoms with Gasteiger partial charge in [0.1, 0.15) is 0 Å². The standard InChI is InChI=1S/C16H20N4O3S3/c1-4-24-16-19-18-15(26-16)17-14(21)11-5-6-13(12(9-11)20(22)23)25-8-7-10(2)3/h5-6,9-10H,4,7-8H2,1-3H3,(H,17,18,21). The lowest BCUT2D eigenvalue weighted by Gasteiger charge is -2.07. The van der Waals surface area contributed by atoms with Gasteiger partial charge in [-0.2, -0.15) is 0 Å². The highest BCUT2D eigenvalue weighted by Crippen LogP contribution is 2.32. The average molecular weight is 413 g/mol. The van der Waals surface area contributed by atoms with Gasteiger partial charge in [0, 0.05) is 11.6 Å². The molecule has 1 aromatic carbocycles. The van der Waals surface area contributed by atoms with Crippen LogP contribution >= 0.6 is 34.9 Å². The van der Waals surface area contributed by atoms with E-state index in [0.29, 0.717) is 15.9 Å². The van der Waals surface area contributed by atoms with Gasteiger partial charge in [-0.25, -0.2) is 0 Å². The van der Waals surface area contributed by atoms with Crippen LogP contribution in [0.1, 0.15) is 37.6 Å². The number of hydrogen-bond donors (Lipinski definition) is 1. The topological polar surface area (TPSA) is 98.0 Å². The zero-order chi connectivity index (χ0) is 19.1. The molecule has 1 amide bonds. The Labute approximate surface area is 164 Å². The number of nitro benzene ring substituents is 1. The van der Waals surface area contributed by atoms with Crippen LogP contribution in [0.25, 0.3) is 0 Å². The summed E-state index contributed by atoms with van der Waals surface area (Å²) in [6, 6.07) is 4.55. The van der Waals surface area contributed by atoms with Crippen molar-refractivity contribution < 1.29 is 9.72 Å². The van der Waals surface area contributed by atoms with Gasteiger partial charge in [0.15, 0.2) is 4.34 Å². The molecule has 0 saturated carbocycles. The minimum absolute atomic E-state index is 0.0501. The van der Waals surface area contributed by atoms with Crippen molar-refractivity contribution in [2.75, 3.05) is 16.8 Å². The first-order valence-electron chi connectivity index (χ1n) is 8.09. The molecule has 2 rings (SSSR count). The Hall–Kier alpha value is -1.65. The predicted octanol–water partition coefficient (Wildman–Crippen LogP) is 4.95. The maximum atomic E-state index is 12.4. The fraction of sp³-hybridized carbons (Fsp3) is 0.438. The van der Waals surface area contributed by atoms with Crippen molar-refractivity contribution in [1.82, 2.24) is 10.2 Å². The molecule has 0 aliphatic carbocycles. The Balaban J connectivity index is 2.11. The summed E-state index contributed by atoms with van der Waals surface area (Å²) in [7, 11) is 0. The third kappa shape index (κ3) is 5.96. The normalized spacial score (nSPS) is 10.9. The van der Waals surface area contributed by atoms with Crippen LogP contribution in [0, 0.1) is 16.0 Å². The Morgan fingerprint density at radius 2 is 2.12 bits per heavy atom. The van der Waals surface area contributed by atoms with E-state index in [1.165, 1.54) is 40.9 Å². The van der Waals surface area contributed by atoms with Crippen molar-refractivity contribution in [3.63, 3.8) is 0 Å². The third-order valence-electron chi connectivity index (χ3n) is 3.27. The summed E-state index contributed by atoms with van der Waals surface area (Å²) in [6.45, 7) is 6.23. The van der Waals surface area contributed by atoms with Gasteiger partial charge in [0.05, 0.1) is 9.82 Å². The first-order valence-corrected chi connectivity index (χ1v) is 10.9. The second-order valence-electron chi connectivity index (χ2n) is 5.73. The average Bonchev–Trinajstić information content (AvgIpc) is 3.02. The number of nitrogens with zero attached hydrogens (tertiary/aromatic N) is 3. The number of thioether (sulfide) groups is 2. The summed E-state index contributed by atoms with van der Waals surface area (Å²) in [5.74, 6) is 1.77. The Kier molecular flexibility index (Phi) is 7.85. The van der Waals surface area contributed by atoms with Crippen LogP contribution in [0.15, 0.2) is 27.4 Å². The smallest absolute Gasteiger partial charge is 0.283 e. The van der Waals surface area contributed by atoms with Crippen LogP contribution < -0.4 is 5.32 Å². The minimum atomic E-state index is -0.449. The largest absolute Gasteiger partial charge is 0.296 e. The van der Waals surface area contributed by atoms with E-state index in [1.807, 2.05) is 6.92 Å². The van der Waals surface area contributed by atoms with Crippen molar-refractivity contribution >= 4 is 51.6 Å². The SMILES string of the molecule is CCSc1nnc(NC(=O)c2ccc(SCCC(C)C)c([N+](=O)[O-])c2)s1. The summed E-state index contributed by atoms with van der Waals surface area (Å²) < 4.78 is 0.769. The molecular formula is C16H20N4O3S3. The zero-order valence-corrected chi connectivity index (χ0v) is 17.2. The molecule has 1 heterocycles. The van der Waals surface area contributed by atoms with Gasteiger partial charge >= 0.3 is 0 Å². The monoisotopic (exact) mass is 412 g/mol. The van der Waals surface area contributed by atoms with Crippen LogP contribution in [-0.4, -0.2) is 32.5 Å². The third-order valence-corrected chi connectivity index (χ3v) is 6.22. The molecule has 0 unspecified atom stereocenters. The molecule has 140 valence electrons. The predicted molar refractivity (Wildman–Crippen MR) is 108 cm³/mol. The number of hydrogen-bond acceptors (Lipinski definition) is 8.